The van der Waals surface area contributed by atoms with Gasteiger partial charge in [-0.2, -0.15) is 5.10 Å². The lowest BCUT2D eigenvalue weighted by Gasteiger charge is -2.30. The van der Waals surface area contributed by atoms with E-state index in [2.05, 4.69) is 53.4 Å². The molecule has 0 radical (unpaired) electrons. The average Bonchev–Trinajstić information content (AvgIpc) is 2.57. The van der Waals surface area contributed by atoms with Crippen molar-refractivity contribution in [2.75, 3.05) is 26.2 Å². The molecule has 4 heteroatoms. The number of hydrazone groups is 1. The summed E-state index contributed by atoms with van der Waals surface area (Å²) in [5.41, 5.74) is 3.69. The van der Waals surface area contributed by atoms with Gasteiger partial charge in [0.15, 0.2) is 0 Å². The molecule has 0 aromatic heterocycles. The van der Waals surface area contributed by atoms with Crippen molar-refractivity contribution in [3.63, 3.8) is 0 Å². The number of quaternary nitrogens is 1. The standard InChI is InChI=1S/C19H22ClN3/c1-16-6-2-3-7-17(16)14-21-23-12-10-22(11-13-23)15-18-8-4-5-9-19(18)20/h2-9,14H,10-13,15H2,1H3/p+1. The quantitative estimate of drug-likeness (QED) is 0.854. The molecule has 120 valence electrons. The van der Waals surface area contributed by atoms with Crippen molar-refractivity contribution in [1.82, 2.24) is 5.01 Å². The highest BCUT2D eigenvalue weighted by Gasteiger charge is 2.19. The van der Waals surface area contributed by atoms with E-state index in [-0.39, 0.29) is 0 Å². The van der Waals surface area contributed by atoms with E-state index in [0.717, 1.165) is 37.7 Å². The summed E-state index contributed by atoms with van der Waals surface area (Å²) in [7, 11) is 0. The third-order valence-corrected chi connectivity index (χ3v) is 4.76. The first-order valence-electron chi connectivity index (χ1n) is 8.14. The minimum Gasteiger partial charge on any atom is -0.328 e. The zero-order chi connectivity index (χ0) is 16.1. The van der Waals surface area contributed by atoms with E-state index in [1.54, 1.807) is 4.90 Å². The van der Waals surface area contributed by atoms with Crippen LogP contribution in [0.5, 0.6) is 0 Å². The maximum Gasteiger partial charge on any atom is 0.104 e. The van der Waals surface area contributed by atoms with Crippen LogP contribution in [-0.2, 0) is 6.54 Å². The Labute approximate surface area is 143 Å². The lowest BCUT2D eigenvalue weighted by Crippen LogP contribution is -3.13. The normalized spacial score (nSPS) is 16.2. The first-order valence-corrected chi connectivity index (χ1v) is 8.52. The molecule has 0 spiro atoms. The van der Waals surface area contributed by atoms with Crippen LogP contribution in [0.25, 0.3) is 0 Å². The lowest BCUT2D eigenvalue weighted by atomic mass is 10.1. The highest BCUT2D eigenvalue weighted by molar-refractivity contribution is 6.31. The summed E-state index contributed by atoms with van der Waals surface area (Å²) in [6, 6.07) is 16.5. The van der Waals surface area contributed by atoms with Gasteiger partial charge in [0.1, 0.15) is 6.54 Å². The van der Waals surface area contributed by atoms with Gasteiger partial charge in [-0.15, -0.1) is 0 Å². The minimum atomic E-state index is 0.875. The van der Waals surface area contributed by atoms with Gasteiger partial charge in [0.25, 0.3) is 0 Å². The predicted molar refractivity (Wildman–Crippen MR) is 96.2 cm³/mol. The Morgan fingerprint density at radius 1 is 1.09 bits per heavy atom. The first kappa shape index (κ1) is 16.0. The Morgan fingerprint density at radius 2 is 1.78 bits per heavy atom. The number of piperazine rings is 1. The Hall–Kier alpha value is -1.84. The van der Waals surface area contributed by atoms with Crippen LogP contribution in [0.4, 0.5) is 0 Å². The molecule has 2 aromatic rings. The summed E-state index contributed by atoms with van der Waals surface area (Å²) in [5.74, 6) is 0. The third-order valence-electron chi connectivity index (χ3n) is 4.39. The van der Waals surface area contributed by atoms with Crippen LogP contribution in [0, 0.1) is 6.92 Å². The summed E-state index contributed by atoms with van der Waals surface area (Å²) >= 11 is 6.26. The SMILES string of the molecule is Cc1ccccc1C=NN1CC[NH+](Cc2ccccc2Cl)CC1. The second-order valence-corrected chi connectivity index (χ2v) is 6.48. The summed E-state index contributed by atoms with van der Waals surface area (Å²) in [6.07, 6.45) is 1.98. The fraction of sp³-hybridized carbons (Fsp3) is 0.316. The van der Waals surface area contributed by atoms with Gasteiger partial charge in [0, 0.05) is 10.6 Å². The number of aryl methyl sites for hydroxylation is 1. The monoisotopic (exact) mass is 328 g/mol. The third kappa shape index (κ3) is 4.34. The Balaban J connectivity index is 1.53. The van der Waals surface area contributed by atoms with Crippen LogP contribution in [0.2, 0.25) is 5.02 Å². The molecule has 1 aliphatic rings. The molecular weight excluding hydrogens is 306 g/mol. The summed E-state index contributed by atoms with van der Waals surface area (Å²) in [4.78, 5) is 1.57. The second kappa shape index (κ2) is 7.62. The van der Waals surface area contributed by atoms with Crippen molar-refractivity contribution in [2.45, 2.75) is 13.5 Å². The smallest absolute Gasteiger partial charge is 0.104 e. The van der Waals surface area contributed by atoms with Crippen molar-refractivity contribution >= 4 is 17.8 Å². The van der Waals surface area contributed by atoms with E-state index in [1.807, 2.05) is 18.3 Å². The number of nitrogens with zero attached hydrogens (tertiary/aromatic N) is 2. The van der Waals surface area contributed by atoms with Crippen LogP contribution in [-0.4, -0.2) is 37.4 Å². The molecule has 23 heavy (non-hydrogen) atoms. The van der Waals surface area contributed by atoms with E-state index in [9.17, 15) is 0 Å². The van der Waals surface area contributed by atoms with Crippen LogP contribution in [0.1, 0.15) is 16.7 Å². The summed E-state index contributed by atoms with van der Waals surface area (Å²) in [5, 5.41) is 7.69. The number of nitrogens with one attached hydrogen (secondary N) is 1. The number of benzene rings is 2. The molecule has 0 saturated carbocycles. The first-order chi connectivity index (χ1) is 11.2. The highest BCUT2D eigenvalue weighted by atomic mass is 35.5. The molecule has 0 unspecified atom stereocenters. The van der Waals surface area contributed by atoms with Gasteiger partial charge in [-0.05, 0) is 24.1 Å². The van der Waals surface area contributed by atoms with Crippen molar-refractivity contribution in [2.24, 2.45) is 5.10 Å². The molecule has 2 aromatic carbocycles. The predicted octanol–water partition coefficient (Wildman–Crippen LogP) is 2.38. The van der Waals surface area contributed by atoms with Crippen molar-refractivity contribution < 1.29 is 4.90 Å². The van der Waals surface area contributed by atoms with Crippen LogP contribution >= 0.6 is 11.6 Å². The molecule has 1 saturated heterocycles. The maximum atomic E-state index is 6.26. The Morgan fingerprint density at radius 3 is 2.52 bits per heavy atom. The maximum absolute atomic E-state index is 6.26. The van der Waals surface area contributed by atoms with Crippen LogP contribution < -0.4 is 4.90 Å². The Bertz CT molecular complexity index is 676. The fourth-order valence-corrected chi connectivity index (χ4v) is 3.09. The van der Waals surface area contributed by atoms with Crippen LogP contribution in [0.15, 0.2) is 53.6 Å². The molecule has 1 heterocycles. The minimum absolute atomic E-state index is 0.875. The van der Waals surface area contributed by atoms with Crippen molar-refractivity contribution in [3.05, 3.63) is 70.2 Å². The number of halogens is 1. The largest absolute Gasteiger partial charge is 0.328 e. The number of rotatable bonds is 4. The number of hydrogen-bond donors (Lipinski definition) is 1. The molecular formula is C19H23ClN3+. The van der Waals surface area contributed by atoms with E-state index in [1.165, 1.54) is 16.7 Å². The molecule has 0 aliphatic carbocycles. The topological polar surface area (TPSA) is 20.0 Å². The van der Waals surface area contributed by atoms with E-state index >= 15 is 0 Å². The van der Waals surface area contributed by atoms with Crippen molar-refractivity contribution in [3.8, 4) is 0 Å². The van der Waals surface area contributed by atoms with Crippen LogP contribution in [0.3, 0.4) is 0 Å². The molecule has 0 atom stereocenters. The van der Waals surface area contributed by atoms with E-state index in [4.69, 9.17) is 11.6 Å². The van der Waals surface area contributed by atoms with E-state index < -0.39 is 0 Å². The van der Waals surface area contributed by atoms with Gasteiger partial charge in [-0.1, -0.05) is 54.1 Å². The second-order valence-electron chi connectivity index (χ2n) is 6.07. The summed E-state index contributed by atoms with van der Waals surface area (Å²) in [6.45, 7) is 7.28. The van der Waals surface area contributed by atoms with Gasteiger partial charge < -0.3 is 4.90 Å². The molecule has 1 N–H and O–H groups in total. The molecule has 0 bridgehead atoms. The molecule has 3 nitrogen and oxygen atoms in total. The highest BCUT2D eigenvalue weighted by Crippen LogP contribution is 2.13. The molecule has 1 fully saturated rings. The Kier molecular flexibility index (Phi) is 5.31. The summed E-state index contributed by atoms with van der Waals surface area (Å²) < 4.78 is 0. The van der Waals surface area contributed by atoms with Gasteiger partial charge in [0.05, 0.1) is 32.4 Å². The van der Waals surface area contributed by atoms with E-state index in [0.29, 0.717) is 0 Å². The average molecular weight is 329 g/mol. The zero-order valence-electron chi connectivity index (χ0n) is 13.5. The molecule has 0 amide bonds. The van der Waals surface area contributed by atoms with Crippen molar-refractivity contribution in [1.29, 1.82) is 0 Å². The molecule has 1 aliphatic heterocycles. The van der Waals surface area contributed by atoms with Gasteiger partial charge in [-0.3, -0.25) is 5.01 Å². The lowest BCUT2D eigenvalue weighted by molar-refractivity contribution is -0.918. The van der Waals surface area contributed by atoms with Gasteiger partial charge in [0.2, 0.25) is 0 Å². The van der Waals surface area contributed by atoms with Gasteiger partial charge in [-0.25, -0.2) is 0 Å². The number of hydrogen-bond acceptors (Lipinski definition) is 2. The molecule has 3 rings (SSSR count). The van der Waals surface area contributed by atoms with Gasteiger partial charge >= 0.3 is 0 Å². The zero-order valence-corrected chi connectivity index (χ0v) is 14.3. The fourth-order valence-electron chi connectivity index (χ4n) is 2.89.